The molecule has 1 aliphatic rings. The largest absolute Gasteiger partial charge is 0.458 e. The maximum absolute atomic E-state index is 14.0. The lowest BCUT2D eigenvalue weighted by Crippen LogP contribution is -2.58. The van der Waals surface area contributed by atoms with Gasteiger partial charge in [-0.15, -0.1) is 0 Å². The highest BCUT2D eigenvalue weighted by molar-refractivity contribution is 5.94. The van der Waals surface area contributed by atoms with E-state index in [1.54, 1.807) is 32.6 Å². The lowest BCUT2D eigenvalue weighted by molar-refractivity contribution is -0.158. The Bertz CT molecular complexity index is 1000. The topological polar surface area (TPSA) is 114 Å². The second kappa shape index (κ2) is 12.8. The summed E-state index contributed by atoms with van der Waals surface area (Å²) < 4.78 is 10.9. The molecular weight excluding hydrogens is 498 g/mol. The number of esters is 1. The Morgan fingerprint density at radius 1 is 0.872 bits per heavy atom. The molecule has 1 aromatic carbocycles. The molecule has 39 heavy (non-hydrogen) atoms. The van der Waals surface area contributed by atoms with Crippen LogP contribution in [-0.4, -0.2) is 65.2 Å². The summed E-state index contributed by atoms with van der Waals surface area (Å²) in [7, 11) is 0. The van der Waals surface area contributed by atoms with Crippen LogP contribution in [0.3, 0.4) is 0 Å². The second-order valence-electron chi connectivity index (χ2n) is 12.8. The molecule has 1 aromatic rings. The van der Waals surface area contributed by atoms with E-state index in [1.807, 2.05) is 65.0 Å². The number of carbonyl (C=O) groups excluding carboxylic acids is 4. The molecular formula is C30H47N3O6. The maximum atomic E-state index is 14.0. The summed E-state index contributed by atoms with van der Waals surface area (Å²) in [5, 5.41) is 5.71. The minimum Gasteiger partial charge on any atom is -0.458 e. The first-order valence-corrected chi connectivity index (χ1v) is 13.8. The van der Waals surface area contributed by atoms with Gasteiger partial charge in [-0.25, -0.2) is 9.59 Å². The van der Waals surface area contributed by atoms with Gasteiger partial charge in [-0.3, -0.25) is 9.59 Å². The molecule has 1 saturated heterocycles. The lowest BCUT2D eigenvalue weighted by Gasteiger charge is -2.42. The average Bonchev–Trinajstić information content (AvgIpc) is 2.81. The molecule has 1 aliphatic heterocycles. The number of likely N-dealkylation sites (tertiary alicyclic amines) is 1. The van der Waals surface area contributed by atoms with Gasteiger partial charge >= 0.3 is 12.1 Å². The van der Waals surface area contributed by atoms with Crippen molar-refractivity contribution in [3.8, 4) is 0 Å². The van der Waals surface area contributed by atoms with Crippen LogP contribution >= 0.6 is 0 Å². The van der Waals surface area contributed by atoms with Crippen molar-refractivity contribution in [3.63, 3.8) is 0 Å². The van der Waals surface area contributed by atoms with Crippen molar-refractivity contribution >= 4 is 23.9 Å². The van der Waals surface area contributed by atoms with Gasteiger partial charge in [-0.05, 0) is 79.2 Å². The molecule has 218 valence electrons. The number of nitrogens with zero attached hydrogens (tertiary/aromatic N) is 1. The summed E-state index contributed by atoms with van der Waals surface area (Å²) in [5.74, 6) is -1.15. The van der Waals surface area contributed by atoms with Gasteiger partial charge in [0.05, 0.1) is 5.41 Å². The third-order valence-corrected chi connectivity index (χ3v) is 6.48. The quantitative estimate of drug-likeness (QED) is 0.470. The summed E-state index contributed by atoms with van der Waals surface area (Å²) >= 11 is 0. The smallest absolute Gasteiger partial charge is 0.410 e. The van der Waals surface area contributed by atoms with E-state index < -0.39 is 46.7 Å². The van der Waals surface area contributed by atoms with Crippen molar-refractivity contribution in [1.29, 1.82) is 0 Å². The highest BCUT2D eigenvalue weighted by Gasteiger charge is 2.45. The molecule has 2 rings (SSSR count). The fourth-order valence-corrected chi connectivity index (χ4v) is 4.56. The van der Waals surface area contributed by atoms with Gasteiger partial charge in [-0.2, -0.15) is 0 Å². The van der Waals surface area contributed by atoms with E-state index in [9.17, 15) is 19.2 Å². The number of ether oxygens (including phenoxy) is 2. The van der Waals surface area contributed by atoms with Gasteiger partial charge in [0.15, 0.2) is 0 Å². The average molecular weight is 546 g/mol. The van der Waals surface area contributed by atoms with E-state index in [0.29, 0.717) is 32.4 Å². The molecule has 0 radical (unpaired) electrons. The zero-order valence-corrected chi connectivity index (χ0v) is 25.1. The zero-order chi connectivity index (χ0) is 29.6. The van der Waals surface area contributed by atoms with Crippen LogP contribution in [0.1, 0.15) is 87.1 Å². The third kappa shape index (κ3) is 9.55. The number of rotatable bonds is 8. The molecule has 1 heterocycles. The van der Waals surface area contributed by atoms with Crippen molar-refractivity contribution in [2.75, 3.05) is 13.1 Å². The predicted octanol–water partition coefficient (Wildman–Crippen LogP) is 4.33. The number of carbonyl (C=O) groups is 4. The van der Waals surface area contributed by atoms with Crippen LogP contribution in [0.4, 0.5) is 4.79 Å². The van der Waals surface area contributed by atoms with E-state index >= 15 is 0 Å². The summed E-state index contributed by atoms with van der Waals surface area (Å²) in [5.41, 5.74) is -1.39. The number of nitrogens with one attached hydrogen (secondary N) is 2. The Hall–Kier alpha value is -3.10. The molecule has 2 N–H and O–H groups in total. The van der Waals surface area contributed by atoms with E-state index in [1.165, 1.54) is 0 Å². The third-order valence-electron chi connectivity index (χ3n) is 6.48. The van der Waals surface area contributed by atoms with Gasteiger partial charge in [-0.1, -0.05) is 44.2 Å². The molecule has 3 amide bonds. The molecule has 9 nitrogen and oxygen atoms in total. The fraction of sp³-hybridized carbons (Fsp3) is 0.667. The fourth-order valence-electron chi connectivity index (χ4n) is 4.56. The number of piperidine rings is 1. The van der Waals surface area contributed by atoms with Crippen LogP contribution in [0.25, 0.3) is 0 Å². The molecule has 2 atom stereocenters. The normalized spacial score (nSPS) is 17.1. The minimum absolute atomic E-state index is 0.111. The maximum Gasteiger partial charge on any atom is 0.410 e. The summed E-state index contributed by atoms with van der Waals surface area (Å²) in [6.45, 7) is 16.9. The van der Waals surface area contributed by atoms with Crippen molar-refractivity contribution in [3.05, 3.63) is 35.9 Å². The first kappa shape index (κ1) is 32.1. The van der Waals surface area contributed by atoms with E-state index in [0.717, 1.165) is 5.56 Å². The Labute approximate surface area is 233 Å². The first-order chi connectivity index (χ1) is 17.9. The standard InChI is InChI=1S/C30H47N3O6/c1-20(2)19-23(24(34)31-21(3)25(35)38-28(4,5)6)32-26(36)30(22-13-11-10-12-14-22)15-17-33(18-16-30)27(37)39-29(7,8)9/h10-14,20-21,23H,15-19H2,1-9H3,(H,31,34)(H,32,36)/t21-,23-/m0/s1. The molecule has 1 fully saturated rings. The molecule has 0 unspecified atom stereocenters. The van der Waals surface area contributed by atoms with Crippen molar-refractivity contribution in [2.24, 2.45) is 5.92 Å². The molecule has 0 aliphatic carbocycles. The summed E-state index contributed by atoms with van der Waals surface area (Å²) in [4.78, 5) is 54.1. The number of hydrogen-bond donors (Lipinski definition) is 2. The van der Waals surface area contributed by atoms with Gasteiger partial charge in [0.25, 0.3) is 0 Å². The molecule has 9 heteroatoms. The summed E-state index contributed by atoms with van der Waals surface area (Å²) in [6, 6.07) is 7.75. The van der Waals surface area contributed by atoms with Crippen LogP contribution in [0.5, 0.6) is 0 Å². The number of amides is 3. The SMILES string of the molecule is CC(C)C[C@H](NC(=O)C1(c2ccccc2)CCN(C(=O)OC(C)(C)C)CC1)C(=O)N[C@@H](C)C(=O)OC(C)(C)C. The van der Waals surface area contributed by atoms with Gasteiger partial charge in [0.2, 0.25) is 11.8 Å². The Balaban J connectivity index is 2.25. The molecule has 0 bridgehead atoms. The molecule has 0 spiro atoms. The van der Waals surface area contributed by atoms with Crippen LogP contribution in [0.2, 0.25) is 0 Å². The molecule has 0 saturated carbocycles. The number of hydrogen-bond acceptors (Lipinski definition) is 6. The Morgan fingerprint density at radius 2 is 1.41 bits per heavy atom. The van der Waals surface area contributed by atoms with Gasteiger partial charge in [0.1, 0.15) is 23.3 Å². The van der Waals surface area contributed by atoms with E-state index in [-0.39, 0.29) is 11.8 Å². The van der Waals surface area contributed by atoms with E-state index in [2.05, 4.69) is 10.6 Å². The minimum atomic E-state index is -0.925. The monoisotopic (exact) mass is 545 g/mol. The van der Waals surface area contributed by atoms with Gasteiger partial charge < -0.3 is 25.0 Å². The zero-order valence-electron chi connectivity index (χ0n) is 25.1. The molecule has 0 aromatic heterocycles. The van der Waals surface area contributed by atoms with Crippen molar-refractivity contribution in [2.45, 2.75) is 110 Å². The highest BCUT2D eigenvalue weighted by atomic mass is 16.6. The van der Waals surface area contributed by atoms with Crippen molar-refractivity contribution < 1.29 is 28.7 Å². The van der Waals surface area contributed by atoms with Crippen LogP contribution in [0, 0.1) is 5.92 Å². The second-order valence-corrected chi connectivity index (χ2v) is 12.8. The summed E-state index contributed by atoms with van der Waals surface area (Å²) in [6.07, 6.45) is 0.754. The van der Waals surface area contributed by atoms with Crippen LogP contribution in [-0.2, 0) is 29.3 Å². The van der Waals surface area contributed by atoms with Crippen molar-refractivity contribution in [1.82, 2.24) is 15.5 Å². The predicted molar refractivity (Wildman–Crippen MR) is 150 cm³/mol. The lowest BCUT2D eigenvalue weighted by atomic mass is 9.71. The van der Waals surface area contributed by atoms with Crippen LogP contribution in [0.15, 0.2) is 30.3 Å². The van der Waals surface area contributed by atoms with E-state index in [4.69, 9.17) is 9.47 Å². The van der Waals surface area contributed by atoms with Gasteiger partial charge in [0, 0.05) is 13.1 Å². The Morgan fingerprint density at radius 3 is 1.90 bits per heavy atom. The highest BCUT2D eigenvalue weighted by Crippen LogP contribution is 2.36. The number of benzene rings is 1. The first-order valence-electron chi connectivity index (χ1n) is 13.8. The van der Waals surface area contributed by atoms with Crippen LogP contribution < -0.4 is 10.6 Å². The Kier molecular flexibility index (Phi) is 10.6.